The van der Waals surface area contributed by atoms with Gasteiger partial charge in [-0.3, -0.25) is 4.79 Å². The molecule has 0 saturated carbocycles. The van der Waals surface area contributed by atoms with Gasteiger partial charge in [-0.05, 0) is 12.1 Å². The van der Waals surface area contributed by atoms with Crippen LogP contribution in [0.15, 0.2) is 23.4 Å². The number of nitrogens with one attached hydrogen (secondary N) is 1. The minimum absolute atomic E-state index is 0.0845. The number of oxime groups is 1. The van der Waals surface area contributed by atoms with Crippen LogP contribution in [0.1, 0.15) is 12.0 Å². The van der Waals surface area contributed by atoms with E-state index in [-0.39, 0.29) is 22.9 Å². The third kappa shape index (κ3) is 2.94. The Labute approximate surface area is 133 Å². The lowest BCUT2D eigenvalue weighted by atomic mass is 10.0. The van der Waals surface area contributed by atoms with E-state index in [0.717, 1.165) is 13.1 Å². The van der Waals surface area contributed by atoms with Crippen LogP contribution in [0.3, 0.4) is 0 Å². The lowest BCUT2D eigenvalue weighted by Crippen LogP contribution is -3.12. The number of carbonyl (C=O) groups is 1. The number of rotatable bonds is 2. The molecule has 0 spiro atoms. The van der Waals surface area contributed by atoms with Crippen LogP contribution in [0.4, 0.5) is 4.39 Å². The summed E-state index contributed by atoms with van der Waals surface area (Å²) in [6.45, 7) is 3.26. The summed E-state index contributed by atoms with van der Waals surface area (Å²) in [6.07, 6.45) is -0.428. The number of quaternary nitrogens is 1. The van der Waals surface area contributed by atoms with Crippen LogP contribution in [0, 0.1) is 5.82 Å². The van der Waals surface area contributed by atoms with Crippen molar-refractivity contribution in [2.24, 2.45) is 5.16 Å². The molecule has 0 aliphatic carbocycles. The van der Waals surface area contributed by atoms with Crippen LogP contribution in [0.2, 0.25) is 5.02 Å². The van der Waals surface area contributed by atoms with E-state index in [4.69, 9.17) is 16.4 Å². The minimum Gasteiger partial charge on any atom is -0.382 e. The second-order valence-corrected chi connectivity index (χ2v) is 6.12. The van der Waals surface area contributed by atoms with Crippen molar-refractivity contribution in [1.29, 1.82) is 0 Å². The van der Waals surface area contributed by atoms with Gasteiger partial charge in [-0.2, -0.15) is 0 Å². The fraction of sp³-hybridized carbons (Fsp3) is 0.467. The lowest BCUT2D eigenvalue weighted by Gasteiger charge is -2.31. The second-order valence-electron chi connectivity index (χ2n) is 5.72. The third-order valence-corrected chi connectivity index (χ3v) is 4.44. The van der Waals surface area contributed by atoms with E-state index in [1.165, 1.54) is 17.0 Å². The number of nitrogens with zero attached hydrogens (tertiary/aromatic N) is 2. The molecule has 1 aromatic rings. The van der Waals surface area contributed by atoms with Crippen LogP contribution < -0.4 is 4.90 Å². The quantitative estimate of drug-likeness (QED) is 0.851. The molecule has 2 aliphatic heterocycles. The number of piperazine rings is 1. The fourth-order valence-corrected chi connectivity index (χ4v) is 3.02. The highest BCUT2D eigenvalue weighted by Crippen LogP contribution is 2.26. The zero-order valence-corrected chi connectivity index (χ0v) is 13.1. The Kier molecular flexibility index (Phi) is 4.31. The first-order chi connectivity index (χ1) is 10.6. The summed E-state index contributed by atoms with van der Waals surface area (Å²) in [5.41, 5.74) is 0.614. The number of benzene rings is 1. The smallest absolute Gasteiger partial charge is 0.267 e. The van der Waals surface area contributed by atoms with Gasteiger partial charge in [0.1, 0.15) is 5.82 Å². The van der Waals surface area contributed by atoms with Crippen molar-refractivity contribution in [2.75, 3.05) is 33.2 Å². The van der Waals surface area contributed by atoms with E-state index >= 15 is 0 Å². The second kappa shape index (κ2) is 6.22. The summed E-state index contributed by atoms with van der Waals surface area (Å²) in [4.78, 5) is 20.9. The molecule has 0 aromatic heterocycles. The topological polar surface area (TPSA) is 46.3 Å². The molecule has 7 heteroatoms. The normalized spacial score (nSPS) is 22.4. The number of hydrogen-bond donors (Lipinski definition) is 1. The number of amides is 1. The molecule has 1 aromatic carbocycles. The molecule has 1 fully saturated rings. The summed E-state index contributed by atoms with van der Waals surface area (Å²) in [5, 5.41) is 4.16. The summed E-state index contributed by atoms with van der Waals surface area (Å²) < 4.78 is 13.9. The summed E-state index contributed by atoms with van der Waals surface area (Å²) in [5.74, 6) is -0.537. The minimum atomic E-state index is -0.677. The lowest BCUT2D eigenvalue weighted by molar-refractivity contribution is -0.883. The molecule has 1 saturated heterocycles. The van der Waals surface area contributed by atoms with E-state index < -0.39 is 11.9 Å². The largest absolute Gasteiger partial charge is 0.382 e. The van der Waals surface area contributed by atoms with Gasteiger partial charge in [0.25, 0.3) is 5.91 Å². The van der Waals surface area contributed by atoms with Gasteiger partial charge >= 0.3 is 0 Å². The molecule has 1 N–H and O–H groups in total. The number of carbonyl (C=O) groups excluding carboxylic acids is 1. The predicted molar refractivity (Wildman–Crippen MR) is 80.6 cm³/mol. The standard InChI is InChI=1S/C15H17ClFN3O2/c1-19-5-7-20(8-6-19)15(21)13-9-12(18-22-13)14-10(16)3-2-4-11(14)17/h2-4,13H,5-9H2,1H3/p+1/t13-/m1/s1. The molecule has 1 amide bonds. The number of halogens is 2. The molecule has 2 heterocycles. The monoisotopic (exact) mass is 326 g/mol. The van der Waals surface area contributed by atoms with E-state index in [0.29, 0.717) is 18.8 Å². The predicted octanol–water partition coefficient (Wildman–Crippen LogP) is 0.329. The maximum absolute atomic E-state index is 13.9. The van der Waals surface area contributed by atoms with Gasteiger partial charge in [-0.15, -0.1) is 0 Å². The Balaban J connectivity index is 1.68. The van der Waals surface area contributed by atoms with Gasteiger partial charge < -0.3 is 14.6 Å². The average Bonchev–Trinajstić information content (AvgIpc) is 2.97. The zero-order chi connectivity index (χ0) is 15.7. The van der Waals surface area contributed by atoms with Crippen molar-refractivity contribution < 1.29 is 18.9 Å². The van der Waals surface area contributed by atoms with Crippen molar-refractivity contribution in [1.82, 2.24) is 4.90 Å². The molecule has 1 atom stereocenters. The molecule has 118 valence electrons. The average molecular weight is 327 g/mol. The Bertz CT molecular complexity index is 595. The number of hydrogen-bond acceptors (Lipinski definition) is 3. The summed E-state index contributed by atoms with van der Waals surface area (Å²) in [6, 6.07) is 4.45. The van der Waals surface area contributed by atoms with Crippen molar-refractivity contribution >= 4 is 23.2 Å². The van der Waals surface area contributed by atoms with E-state index in [9.17, 15) is 9.18 Å². The molecular formula is C15H18ClFN3O2+. The first kappa shape index (κ1) is 15.2. The molecule has 3 rings (SSSR count). The molecule has 22 heavy (non-hydrogen) atoms. The maximum Gasteiger partial charge on any atom is 0.267 e. The Hall–Kier alpha value is -1.66. The molecule has 0 radical (unpaired) electrons. The Morgan fingerprint density at radius 2 is 2.18 bits per heavy atom. The first-order valence-electron chi connectivity index (χ1n) is 7.33. The molecular weight excluding hydrogens is 309 g/mol. The van der Waals surface area contributed by atoms with Crippen molar-refractivity contribution in [3.8, 4) is 0 Å². The highest BCUT2D eigenvalue weighted by molar-refractivity contribution is 6.34. The van der Waals surface area contributed by atoms with Crippen molar-refractivity contribution in [3.05, 3.63) is 34.6 Å². The van der Waals surface area contributed by atoms with Crippen LogP contribution in [-0.2, 0) is 9.63 Å². The Morgan fingerprint density at radius 3 is 2.86 bits per heavy atom. The van der Waals surface area contributed by atoms with Crippen LogP contribution >= 0.6 is 11.6 Å². The molecule has 0 unspecified atom stereocenters. The van der Waals surface area contributed by atoms with Gasteiger partial charge in [0.2, 0.25) is 6.10 Å². The van der Waals surface area contributed by atoms with Gasteiger partial charge in [-0.1, -0.05) is 22.8 Å². The maximum atomic E-state index is 13.9. The molecule has 5 nitrogen and oxygen atoms in total. The van der Waals surface area contributed by atoms with Crippen LogP contribution in [-0.4, -0.2) is 55.8 Å². The molecule has 0 bridgehead atoms. The fourth-order valence-electron chi connectivity index (χ4n) is 2.74. The highest BCUT2D eigenvalue weighted by Gasteiger charge is 2.35. The highest BCUT2D eigenvalue weighted by atomic mass is 35.5. The molecule has 2 aliphatic rings. The van der Waals surface area contributed by atoms with E-state index in [1.54, 1.807) is 11.0 Å². The van der Waals surface area contributed by atoms with E-state index in [1.807, 2.05) is 0 Å². The van der Waals surface area contributed by atoms with Gasteiger partial charge in [0.05, 0.1) is 49.5 Å². The third-order valence-electron chi connectivity index (χ3n) is 4.12. The van der Waals surface area contributed by atoms with Gasteiger partial charge in [0.15, 0.2) is 0 Å². The zero-order valence-electron chi connectivity index (χ0n) is 12.3. The van der Waals surface area contributed by atoms with Crippen molar-refractivity contribution in [2.45, 2.75) is 12.5 Å². The van der Waals surface area contributed by atoms with Crippen LogP contribution in [0.25, 0.3) is 0 Å². The van der Waals surface area contributed by atoms with E-state index in [2.05, 4.69) is 12.2 Å². The van der Waals surface area contributed by atoms with Crippen molar-refractivity contribution in [3.63, 3.8) is 0 Å². The van der Waals surface area contributed by atoms with Gasteiger partial charge in [0, 0.05) is 6.42 Å². The van der Waals surface area contributed by atoms with Crippen LogP contribution in [0.5, 0.6) is 0 Å². The summed E-state index contributed by atoms with van der Waals surface area (Å²) in [7, 11) is 2.11. The summed E-state index contributed by atoms with van der Waals surface area (Å²) >= 11 is 6.03. The SMILES string of the molecule is C[NH+]1CCN(C(=O)[C@H]2CC(c3c(F)cccc3Cl)=NO2)CC1. The Morgan fingerprint density at radius 1 is 1.45 bits per heavy atom. The van der Waals surface area contributed by atoms with Gasteiger partial charge in [-0.25, -0.2) is 4.39 Å². The number of likely N-dealkylation sites (N-methyl/N-ethyl adjacent to an activating group) is 1. The first-order valence-corrected chi connectivity index (χ1v) is 7.71.